The fourth-order valence-corrected chi connectivity index (χ4v) is 4.80. The quantitative estimate of drug-likeness (QED) is 0.749. The van der Waals surface area contributed by atoms with Crippen LogP contribution in [-0.2, 0) is 0 Å². The lowest BCUT2D eigenvalue weighted by molar-refractivity contribution is 0.0268. The number of nitrogens with zero attached hydrogens (tertiary/aromatic N) is 1. The molecule has 0 aromatic rings. The summed E-state index contributed by atoms with van der Waals surface area (Å²) >= 11 is 2.09. The molecule has 3 heteroatoms. The molecule has 0 radical (unpaired) electrons. The average molecular weight is 299 g/mol. The molecule has 2 unspecified atom stereocenters. The van der Waals surface area contributed by atoms with Gasteiger partial charge in [0, 0.05) is 30.7 Å². The van der Waals surface area contributed by atoms with Crippen molar-refractivity contribution in [1.82, 2.24) is 10.2 Å². The summed E-state index contributed by atoms with van der Waals surface area (Å²) < 4.78 is 0. The lowest BCUT2D eigenvalue weighted by Crippen LogP contribution is -2.66. The van der Waals surface area contributed by atoms with Gasteiger partial charge in [0.2, 0.25) is 0 Å². The predicted molar refractivity (Wildman–Crippen MR) is 91.7 cm³/mol. The Bertz CT molecular complexity index is 276. The van der Waals surface area contributed by atoms with E-state index < -0.39 is 0 Å². The number of thioether (sulfide) groups is 1. The summed E-state index contributed by atoms with van der Waals surface area (Å²) in [4.78, 5) is 2.85. The fourth-order valence-electron chi connectivity index (χ4n) is 4.01. The molecule has 1 aliphatic carbocycles. The molecule has 20 heavy (non-hydrogen) atoms. The summed E-state index contributed by atoms with van der Waals surface area (Å²) in [5.74, 6) is 2.58. The molecule has 1 heterocycles. The molecule has 2 atom stereocenters. The van der Waals surface area contributed by atoms with E-state index in [1.54, 1.807) is 0 Å². The summed E-state index contributed by atoms with van der Waals surface area (Å²) in [6.45, 7) is 9.59. The zero-order valence-corrected chi connectivity index (χ0v) is 14.6. The van der Waals surface area contributed by atoms with Crippen molar-refractivity contribution in [1.29, 1.82) is 0 Å². The molecule has 0 amide bonds. The van der Waals surface area contributed by atoms with Gasteiger partial charge >= 0.3 is 0 Å². The van der Waals surface area contributed by atoms with Gasteiger partial charge in [0.25, 0.3) is 0 Å². The van der Waals surface area contributed by atoms with Gasteiger partial charge in [-0.05, 0) is 44.1 Å². The Balaban J connectivity index is 1.94. The minimum Gasteiger partial charge on any atom is -0.308 e. The smallest absolute Gasteiger partial charge is 0.0309 e. The monoisotopic (exact) mass is 298 g/mol. The van der Waals surface area contributed by atoms with E-state index in [0.29, 0.717) is 5.54 Å². The number of hydrogen-bond acceptors (Lipinski definition) is 3. The molecule has 1 saturated heterocycles. The molecular formula is C17H34N2S. The Labute approximate surface area is 130 Å². The number of rotatable bonds is 6. The van der Waals surface area contributed by atoms with Crippen molar-refractivity contribution in [2.45, 2.75) is 83.3 Å². The first kappa shape index (κ1) is 16.6. The van der Waals surface area contributed by atoms with Crippen molar-refractivity contribution in [3.05, 3.63) is 0 Å². The predicted octanol–water partition coefficient (Wildman–Crippen LogP) is 3.90. The van der Waals surface area contributed by atoms with Gasteiger partial charge in [0.1, 0.15) is 0 Å². The molecular weight excluding hydrogens is 264 g/mol. The molecule has 0 bridgehead atoms. The first-order chi connectivity index (χ1) is 9.71. The molecule has 2 nitrogen and oxygen atoms in total. The van der Waals surface area contributed by atoms with Crippen LogP contribution >= 0.6 is 11.8 Å². The highest BCUT2D eigenvalue weighted by atomic mass is 32.2. The zero-order valence-electron chi connectivity index (χ0n) is 13.8. The van der Waals surface area contributed by atoms with Crippen LogP contribution in [0.25, 0.3) is 0 Å². The Morgan fingerprint density at radius 3 is 2.65 bits per heavy atom. The third kappa shape index (κ3) is 4.14. The van der Waals surface area contributed by atoms with Crippen molar-refractivity contribution >= 4 is 11.8 Å². The molecule has 0 aromatic heterocycles. The second-order valence-corrected chi connectivity index (χ2v) is 8.18. The van der Waals surface area contributed by atoms with E-state index in [0.717, 1.165) is 12.1 Å². The number of nitrogens with one attached hydrogen (secondary N) is 1. The third-order valence-electron chi connectivity index (χ3n) is 5.40. The summed E-state index contributed by atoms with van der Waals surface area (Å²) in [6.07, 6.45) is 9.74. The first-order valence-corrected chi connectivity index (χ1v) is 9.95. The second kappa shape index (κ2) is 8.05. The van der Waals surface area contributed by atoms with Gasteiger partial charge in [-0.25, -0.2) is 0 Å². The summed E-state index contributed by atoms with van der Waals surface area (Å²) in [6, 6.07) is 1.50. The van der Waals surface area contributed by atoms with Crippen LogP contribution in [0.4, 0.5) is 0 Å². The highest BCUT2D eigenvalue weighted by molar-refractivity contribution is 7.99. The van der Waals surface area contributed by atoms with Crippen LogP contribution in [0, 0.1) is 0 Å². The molecule has 1 N–H and O–H groups in total. The highest BCUT2D eigenvalue weighted by Gasteiger charge is 2.40. The van der Waals surface area contributed by atoms with E-state index in [9.17, 15) is 0 Å². The van der Waals surface area contributed by atoms with Gasteiger partial charge in [0.15, 0.2) is 0 Å². The molecule has 2 rings (SSSR count). The van der Waals surface area contributed by atoms with Crippen molar-refractivity contribution in [2.75, 3.05) is 24.6 Å². The molecule has 1 aliphatic heterocycles. The van der Waals surface area contributed by atoms with Crippen LogP contribution in [0.2, 0.25) is 0 Å². The van der Waals surface area contributed by atoms with Crippen molar-refractivity contribution in [3.63, 3.8) is 0 Å². The van der Waals surface area contributed by atoms with E-state index in [-0.39, 0.29) is 0 Å². The Morgan fingerprint density at radius 2 is 2.00 bits per heavy atom. The van der Waals surface area contributed by atoms with E-state index in [1.807, 2.05) is 0 Å². The van der Waals surface area contributed by atoms with Gasteiger partial charge < -0.3 is 5.32 Å². The Kier molecular flexibility index (Phi) is 6.70. The molecule has 1 saturated carbocycles. The van der Waals surface area contributed by atoms with Gasteiger partial charge in [-0.1, -0.05) is 33.1 Å². The van der Waals surface area contributed by atoms with Gasteiger partial charge in [-0.2, -0.15) is 11.8 Å². The Hall–Kier alpha value is 0.270. The third-order valence-corrected chi connectivity index (χ3v) is 6.33. The topological polar surface area (TPSA) is 15.3 Å². The standard InChI is InChI=1S/C17H34N2S/c1-4-16-13-18-17(10-7-6-8-11-17)14-19(16)15(3)9-12-20-5-2/h15-16,18H,4-14H2,1-3H3. The minimum absolute atomic E-state index is 0.454. The van der Waals surface area contributed by atoms with Crippen LogP contribution < -0.4 is 5.32 Å². The Morgan fingerprint density at radius 1 is 1.25 bits per heavy atom. The van der Waals surface area contributed by atoms with Crippen LogP contribution in [-0.4, -0.2) is 47.1 Å². The molecule has 118 valence electrons. The van der Waals surface area contributed by atoms with Gasteiger partial charge in [-0.15, -0.1) is 0 Å². The minimum atomic E-state index is 0.454. The van der Waals surface area contributed by atoms with E-state index in [2.05, 4.69) is 42.7 Å². The highest BCUT2D eigenvalue weighted by Crippen LogP contribution is 2.33. The zero-order chi connectivity index (χ0) is 14.4. The summed E-state index contributed by atoms with van der Waals surface area (Å²) in [5.41, 5.74) is 0.454. The second-order valence-electron chi connectivity index (χ2n) is 6.79. The van der Waals surface area contributed by atoms with Crippen molar-refractivity contribution < 1.29 is 0 Å². The largest absolute Gasteiger partial charge is 0.308 e. The normalized spacial score (nSPS) is 28.6. The molecule has 1 spiro atoms. The van der Waals surface area contributed by atoms with Crippen LogP contribution in [0.1, 0.15) is 65.7 Å². The maximum Gasteiger partial charge on any atom is 0.0309 e. The number of hydrogen-bond donors (Lipinski definition) is 1. The van der Waals surface area contributed by atoms with Gasteiger partial charge in [-0.3, -0.25) is 4.90 Å². The van der Waals surface area contributed by atoms with E-state index in [1.165, 1.54) is 69.5 Å². The first-order valence-electron chi connectivity index (χ1n) is 8.79. The maximum absolute atomic E-state index is 3.94. The molecule has 2 aliphatic rings. The fraction of sp³-hybridized carbons (Fsp3) is 1.00. The molecule has 0 aromatic carbocycles. The average Bonchev–Trinajstić information content (AvgIpc) is 2.48. The lowest BCUT2D eigenvalue weighted by Gasteiger charge is -2.51. The SMILES string of the molecule is CCSCCC(C)N1CC2(CCCCC2)NCC1CC. The maximum atomic E-state index is 3.94. The summed E-state index contributed by atoms with van der Waals surface area (Å²) in [5, 5.41) is 3.94. The van der Waals surface area contributed by atoms with Crippen LogP contribution in [0.3, 0.4) is 0 Å². The van der Waals surface area contributed by atoms with Crippen LogP contribution in [0.15, 0.2) is 0 Å². The van der Waals surface area contributed by atoms with Gasteiger partial charge in [0.05, 0.1) is 0 Å². The van der Waals surface area contributed by atoms with E-state index >= 15 is 0 Å². The van der Waals surface area contributed by atoms with E-state index in [4.69, 9.17) is 0 Å². The summed E-state index contributed by atoms with van der Waals surface area (Å²) in [7, 11) is 0. The number of piperazine rings is 1. The lowest BCUT2D eigenvalue weighted by atomic mass is 9.79. The van der Waals surface area contributed by atoms with Crippen LogP contribution in [0.5, 0.6) is 0 Å². The van der Waals surface area contributed by atoms with Crippen molar-refractivity contribution in [2.24, 2.45) is 0 Å². The van der Waals surface area contributed by atoms with Crippen molar-refractivity contribution in [3.8, 4) is 0 Å². The molecule has 2 fully saturated rings.